The highest BCUT2D eigenvalue weighted by atomic mass is 19.4. The largest absolute Gasteiger partial charge is 0.435 e. The van der Waals surface area contributed by atoms with Crippen LogP contribution in [0.5, 0.6) is 5.75 Å². The number of alkyl halides is 5. The Hall–Kier alpha value is -3.01. The Morgan fingerprint density at radius 3 is 2.26 bits per heavy atom. The van der Waals surface area contributed by atoms with Gasteiger partial charge in [-0.1, -0.05) is 39.8 Å². The molecule has 0 saturated carbocycles. The number of rotatable bonds is 7. The van der Waals surface area contributed by atoms with Crippen LogP contribution in [0.1, 0.15) is 39.7 Å². The first-order valence-corrected chi connectivity index (χ1v) is 10.9. The summed E-state index contributed by atoms with van der Waals surface area (Å²) in [5.41, 5.74) is -5.48. The van der Waals surface area contributed by atoms with Gasteiger partial charge in [0.1, 0.15) is 11.6 Å². The first kappa shape index (κ1) is 28.2. The number of fused-ring (bicyclic) bond motifs is 1. The normalized spacial score (nSPS) is 13.8. The van der Waals surface area contributed by atoms with Gasteiger partial charge in [-0.05, 0) is 42.2 Å². The quantitative estimate of drug-likeness (QED) is 0.378. The van der Waals surface area contributed by atoms with Crippen molar-refractivity contribution in [3.8, 4) is 5.75 Å². The van der Waals surface area contributed by atoms with E-state index in [0.29, 0.717) is 0 Å². The molecule has 0 amide bonds. The molecule has 10 heteroatoms. The molecule has 0 radical (unpaired) electrons. The molecule has 0 saturated heterocycles. The Bertz CT molecular complexity index is 1210. The Morgan fingerprint density at radius 1 is 1.03 bits per heavy atom. The van der Waals surface area contributed by atoms with Gasteiger partial charge in [0.2, 0.25) is 0 Å². The molecule has 1 N–H and O–H groups in total. The Morgan fingerprint density at radius 2 is 1.66 bits per heavy atom. The topological polar surface area (TPSA) is 51.5 Å². The second kappa shape index (κ2) is 10.7. The van der Waals surface area contributed by atoms with Crippen molar-refractivity contribution in [2.75, 3.05) is 0 Å². The van der Waals surface area contributed by atoms with Crippen LogP contribution in [0.3, 0.4) is 0 Å². The van der Waals surface area contributed by atoms with E-state index in [2.05, 4.69) is 4.74 Å². The maximum absolute atomic E-state index is 14.2. The van der Waals surface area contributed by atoms with E-state index < -0.39 is 53.8 Å². The number of ether oxygens (including phenoxy) is 1. The minimum Gasteiger partial charge on any atom is -0.435 e. The second-order valence-corrected chi connectivity index (χ2v) is 8.43. The van der Waals surface area contributed by atoms with E-state index in [1.54, 1.807) is 6.07 Å². The second-order valence-electron chi connectivity index (χ2n) is 8.43. The molecule has 2 aromatic carbocycles. The number of hydrogen-bond donors (Lipinski definition) is 1. The molecular weight excluding hydrogens is 476 g/mol. The van der Waals surface area contributed by atoms with Crippen molar-refractivity contribution in [2.45, 2.75) is 64.5 Å². The fraction of sp³-hybridized carbons (Fsp3) is 0.400. The lowest BCUT2D eigenvalue weighted by Crippen LogP contribution is -2.52. The van der Waals surface area contributed by atoms with Crippen LogP contribution in [-0.4, -0.2) is 28.1 Å². The van der Waals surface area contributed by atoms with Crippen LogP contribution >= 0.6 is 0 Å². The molecule has 1 heterocycles. The molecule has 0 aliphatic carbocycles. The van der Waals surface area contributed by atoms with Gasteiger partial charge in [-0.2, -0.15) is 22.0 Å². The number of pyridine rings is 1. The average molecular weight is 503 g/mol. The molecular formula is C25H27F6NO3. The molecule has 35 heavy (non-hydrogen) atoms. The van der Waals surface area contributed by atoms with Gasteiger partial charge in [0, 0.05) is 23.2 Å². The molecule has 0 aliphatic rings. The molecule has 0 bridgehead atoms. The van der Waals surface area contributed by atoms with E-state index in [4.69, 9.17) is 0 Å². The van der Waals surface area contributed by atoms with E-state index in [1.165, 1.54) is 32.0 Å². The summed E-state index contributed by atoms with van der Waals surface area (Å²) in [6.45, 7) is 2.26. The van der Waals surface area contributed by atoms with Gasteiger partial charge in [0.05, 0.1) is 12.1 Å². The summed E-state index contributed by atoms with van der Waals surface area (Å²) in [5.74, 6) is -1.35. The SMILES string of the molecule is CC.CC(C)(CC(O)(Cn1ccc(=O)c2ccccc21)C(F)(F)F)c1cc(F)ccc1OC(F)F. The average Bonchev–Trinajstić information content (AvgIpc) is 2.77. The lowest BCUT2D eigenvalue weighted by Gasteiger charge is -2.39. The molecule has 192 valence electrons. The van der Waals surface area contributed by atoms with Crippen LogP contribution in [0.2, 0.25) is 0 Å². The Balaban J connectivity index is 0.00000210. The van der Waals surface area contributed by atoms with Crippen molar-refractivity contribution in [2.24, 2.45) is 0 Å². The summed E-state index contributed by atoms with van der Waals surface area (Å²) in [4.78, 5) is 12.1. The first-order chi connectivity index (χ1) is 16.2. The number of aliphatic hydroxyl groups is 1. The van der Waals surface area contributed by atoms with E-state index in [9.17, 15) is 36.2 Å². The third kappa shape index (κ3) is 6.36. The summed E-state index contributed by atoms with van der Waals surface area (Å²) in [7, 11) is 0. The van der Waals surface area contributed by atoms with Gasteiger partial charge < -0.3 is 14.4 Å². The zero-order valence-corrected chi connectivity index (χ0v) is 19.7. The van der Waals surface area contributed by atoms with Gasteiger partial charge in [0.15, 0.2) is 11.0 Å². The summed E-state index contributed by atoms with van der Waals surface area (Å²) in [6.07, 6.45) is -5.01. The summed E-state index contributed by atoms with van der Waals surface area (Å²) >= 11 is 0. The van der Waals surface area contributed by atoms with Crippen LogP contribution in [0.25, 0.3) is 10.9 Å². The molecule has 1 unspecified atom stereocenters. The number of halogens is 6. The minimum absolute atomic E-state index is 0.168. The zero-order valence-electron chi connectivity index (χ0n) is 19.7. The van der Waals surface area contributed by atoms with Crippen LogP contribution in [0.4, 0.5) is 26.3 Å². The van der Waals surface area contributed by atoms with Crippen molar-refractivity contribution in [3.05, 3.63) is 76.3 Å². The lowest BCUT2D eigenvalue weighted by atomic mass is 9.74. The fourth-order valence-electron chi connectivity index (χ4n) is 3.98. The first-order valence-electron chi connectivity index (χ1n) is 10.9. The predicted molar refractivity (Wildman–Crippen MR) is 121 cm³/mol. The van der Waals surface area contributed by atoms with Crippen molar-refractivity contribution in [3.63, 3.8) is 0 Å². The van der Waals surface area contributed by atoms with Gasteiger partial charge in [-0.15, -0.1) is 0 Å². The fourth-order valence-corrected chi connectivity index (χ4v) is 3.98. The van der Waals surface area contributed by atoms with Crippen molar-refractivity contribution >= 4 is 10.9 Å². The highest BCUT2D eigenvalue weighted by Gasteiger charge is 2.56. The molecule has 0 aliphatic heterocycles. The smallest absolute Gasteiger partial charge is 0.418 e. The Kier molecular flexibility index (Phi) is 8.65. The van der Waals surface area contributed by atoms with Gasteiger partial charge >= 0.3 is 12.8 Å². The standard InChI is InChI=1S/C23H21F6NO3.C2H6/c1-21(2,16-11-14(24)7-8-19(16)33-20(25)26)12-22(32,23(27,28)29)13-30-10-9-18(31)15-5-3-4-6-17(15)30;1-2/h3-11,20,32H,12-13H2,1-2H3;1-2H3. The van der Waals surface area contributed by atoms with Crippen LogP contribution in [-0.2, 0) is 12.0 Å². The predicted octanol–water partition coefficient (Wildman–Crippen LogP) is 6.43. The highest BCUT2D eigenvalue weighted by Crippen LogP contribution is 2.45. The van der Waals surface area contributed by atoms with Crippen LogP contribution in [0, 0.1) is 5.82 Å². The highest BCUT2D eigenvalue weighted by molar-refractivity contribution is 5.78. The summed E-state index contributed by atoms with van der Waals surface area (Å²) in [5, 5.41) is 11.0. The molecule has 1 aromatic heterocycles. The summed E-state index contributed by atoms with van der Waals surface area (Å²) in [6, 6.07) is 9.64. The van der Waals surface area contributed by atoms with Gasteiger partial charge in [-0.25, -0.2) is 4.39 Å². The summed E-state index contributed by atoms with van der Waals surface area (Å²) < 4.78 is 87.4. The van der Waals surface area contributed by atoms with Gasteiger partial charge in [-0.3, -0.25) is 4.79 Å². The maximum Gasteiger partial charge on any atom is 0.418 e. The molecule has 0 spiro atoms. The third-order valence-electron chi connectivity index (χ3n) is 5.47. The molecule has 0 fully saturated rings. The van der Waals surface area contributed by atoms with Crippen LogP contribution < -0.4 is 10.2 Å². The van der Waals surface area contributed by atoms with E-state index >= 15 is 0 Å². The lowest BCUT2D eigenvalue weighted by molar-refractivity contribution is -0.271. The number of benzene rings is 2. The van der Waals surface area contributed by atoms with Crippen molar-refractivity contribution in [1.82, 2.24) is 4.57 Å². The van der Waals surface area contributed by atoms with Crippen molar-refractivity contribution < 1.29 is 36.2 Å². The number of nitrogens with zero attached hydrogens (tertiary/aromatic N) is 1. The number of para-hydroxylation sites is 1. The van der Waals surface area contributed by atoms with Gasteiger partial charge in [0.25, 0.3) is 0 Å². The van der Waals surface area contributed by atoms with Crippen molar-refractivity contribution in [1.29, 1.82) is 0 Å². The number of aromatic nitrogens is 1. The molecule has 4 nitrogen and oxygen atoms in total. The maximum atomic E-state index is 14.2. The zero-order chi connectivity index (χ0) is 26.6. The van der Waals surface area contributed by atoms with Crippen LogP contribution in [0.15, 0.2) is 59.5 Å². The molecule has 1 atom stereocenters. The van der Waals surface area contributed by atoms with E-state index in [0.717, 1.165) is 35.0 Å². The monoisotopic (exact) mass is 503 g/mol. The molecule has 3 rings (SSSR count). The molecule has 3 aromatic rings. The number of hydrogen-bond acceptors (Lipinski definition) is 3. The third-order valence-corrected chi connectivity index (χ3v) is 5.47. The van der Waals surface area contributed by atoms with E-state index in [1.807, 2.05) is 13.8 Å². The van der Waals surface area contributed by atoms with E-state index in [-0.39, 0.29) is 16.5 Å². The Labute approximate surface area is 198 Å². The minimum atomic E-state index is -5.15.